The minimum absolute atomic E-state index is 0.254. The number of β-amino-alcohol motifs (C(OH)–C–C–N with tert-alkyl or cyclic N) is 2. The Labute approximate surface area is 124 Å². The van der Waals surface area contributed by atoms with Gasteiger partial charge in [-0.05, 0) is 17.9 Å². The largest absolute Gasteiger partial charge is 0.490 e. The molecule has 2 N–H and O–H groups in total. The van der Waals surface area contributed by atoms with E-state index in [1.54, 1.807) is 0 Å². The summed E-state index contributed by atoms with van der Waals surface area (Å²) in [6.07, 6.45) is -0.0119. The normalized spacial score (nSPS) is 20.8. The fourth-order valence-corrected chi connectivity index (χ4v) is 2.84. The second kappa shape index (κ2) is 6.43. The highest BCUT2D eigenvalue weighted by molar-refractivity contribution is 5.88. The Morgan fingerprint density at radius 1 is 1.19 bits per heavy atom. The van der Waals surface area contributed by atoms with Gasteiger partial charge >= 0.3 is 0 Å². The van der Waals surface area contributed by atoms with Crippen molar-refractivity contribution in [3.63, 3.8) is 0 Å². The Bertz CT molecular complexity index is 596. The second-order valence-corrected chi connectivity index (χ2v) is 5.64. The zero-order valence-electron chi connectivity index (χ0n) is 12.0. The zero-order valence-corrected chi connectivity index (χ0v) is 12.0. The number of ether oxygens (including phenoxy) is 1. The van der Waals surface area contributed by atoms with Gasteiger partial charge in [-0.3, -0.25) is 4.90 Å². The van der Waals surface area contributed by atoms with E-state index in [4.69, 9.17) is 4.74 Å². The van der Waals surface area contributed by atoms with Crippen LogP contribution in [0.15, 0.2) is 42.5 Å². The Kier molecular flexibility index (Phi) is 4.39. The van der Waals surface area contributed by atoms with E-state index in [0.717, 1.165) is 29.5 Å². The van der Waals surface area contributed by atoms with Crippen LogP contribution in [0.25, 0.3) is 10.8 Å². The molecule has 4 heteroatoms. The monoisotopic (exact) mass is 287 g/mol. The molecule has 1 aliphatic rings. The third-order valence-corrected chi connectivity index (χ3v) is 3.90. The van der Waals surface area contributed by atoms with Gasteiger partial charge in [0.2, 0.25) is 0 Å². The van der Waals surface area contributed by atoms with Crippen LogP contribution < -0.4 is 4.74 Å². The first kappa shape index (κ1) is 14.3. The molecule has 0 saturated carbocycles. The summed E-state index contributed by atoms with van der Waals surface area (Å²) in [5, 5.41) is 21.8. The van der Waals surface area contributed by atoms with Crippen molar-refractivity contribution in [1.82, 2.24) is 4.90 Å². The first-order valence-corrected chi connectivity index (χ1v) is 7.41. The molecule has 1 aliphatic heterocycles. The lowest BCUT2D eigenvalue weighted by atomic mass is 10.1. The average Bonchev–Trinajstić information content (AvgIpc) is 2.90. The fraction of sp³-hybridized carbons (Fsp3) is 0.412. The van der Waals surface area contributed by atoms with Crippen molar-refractivity contribution in [1.29, 1.82) is 0 Å². The van der Waals surface area contributed by atoms with Gasteiger partial charge in [0.15, 0.2) is 0 Å². The smallest absolute Gasteiger partial charge is 0.127 e. The SMILES string of the molecule is OC1CCN(CC(O)COc2cccc3ccccc23)C1. The third-order valence-electron chi connectivity index (χ3n) is 3.90. The van der Waals surface area contributed by atoms with E-state index in [2.05, 4.69) is 4.90 Å². The number of hydrogen-bond donors (Lipinski definition) is 2. The molecule has 1 fully saturated rings. The van der Waals surface area contributed by atoms with Gasteiger partial charge in [0.25, 0.3) is 0 Å². The van der Waals surface area contributed by atoms with Crippen LogP contribution in [0.3, 0.4) is 0 Å². The molecule has 21 heavy (non-hydrogen) atoms. The number of hydrogen-bond acceptors (Lipinski definition) is 4. The van der Waals surface area contributed by atoms with Crippen molar-refractivity contribution in [2.75, 3.05) is 26.2 Å². The molecule has 0 spiro atoms. The molecular weight excluding hydrogens is 266 g/mol. The van der Waals surface area contributed by atoms with Crippen LogP contribution in [0.2, 0.25) is 0 Å². The van der Waals surface area contributed by atoms with Crippen LogP contribution in [0.5, 0.6) is 5.75 Å². The Hall–Kier alpha value is -1.62. The highest BCUT2D eigenvalue weighted by Gasteiger charge is 2.22. The van der Waals surface area contributed by atoms with Crippen molar-refractivity contribution < 1.29 is 14.9 Å². The van der Waals surface area contributed by atoms with Crippen LogP contribution in [0, 0.1) is 0 Å². The molecule has 0 aromatic heterocycles. The topological polar surface area (TPSA) is 52.9 Å². The summed E-state index contributed by atoms with van der Waals surface area (Å²) < 4.78 is 5.78. The summed E-state index contributed by atoms with van der Waals surface area (Å²) >= 11 is 0. The van der Waals surface area contributed by atoms with Crippen LogP contribution in [0.1, 0.15) is 6.42 Å². The molecule has 3 rings (SSSR count). The molecule has 0 radical (unpaired) electrons. The van der Waals surface area contributed by atoms with Crippen LogP contribution >= 0.6 is 0 Å². The summed E-state index contributed by atoms with van der Waals surface area (Å²) in [6.45, 7) is 2.29. The second-order valence-electron chi connectivity index (χ2n) is 5.64. The Morgan fingerprint density at radius 2 is 2.00 bits per heavy atom. The van der Waals surface area contributed by atoms with Gasteiger partial charge in [-0.15, -0.1) is 0 Å². The van der Waals surface area contributed by atoms with Gasteiger partial charge in [0.1, 0.15) is 18.5 Å². The van der Waals surface area contributed by atoms with Crippen LogP contribution in [0.4, 0.5) is 0 Å². The lowest BCUT2D eigenvalue weighted by molar-refractivity contribution is 0.0713. The van der Waals surface area contributed by atoms with E-state index in [-0.39, 0.29) is 12.7 Å². The van der Waals surface area contributed by atoms with E-state index < -0.39 is 6.10 Å². The lowest BCUT2D eigenvalue weighted by Crippen LogP contribution is -2.34. The summed E-state index contributed by atoms with van der Waals surface area (Å²) in [5.41, 5.74) is 0. The highest BCUT2D eigenvalue weighted by Crippen LogP contribution is 2.25. The minimum Gasteiger partial charge on any atom is -0.490 e. The van der Waals surface area contributed by atoms with E-state index in [1.807, 2.05) is 42.5 Å². The fourth-order valence-electron chi connectivity index (χ4n) is 2.84. The van der Waals surface area contributed by atoms with E-state index in [0.29, 0.717) is 13.1 Å². The van der Waals surface area contributed by atoms with Crippen LogP contribution in [-0.4, -0.2) is 53.6 Å². The number of benzene rings is 2. The molecular formula is C17H21NO3. The van der Waals surface area contributed by atoms with Crippen molar-refractivity contribution >= 4 is 10.8 Å². The maximum Gasteiger partial charge on any atom is 0.127 e. The number of likely N-dealkylation sites (tertiary alicyclic amines) is 1. The van der Waals surface area contributed by atoms with Crippen molar-refractivity contribution in [3.05, 3.63) is 42.5 Å². The Morgan fingerprint density at radius 3 is 2.81 bits per heavy atom. The molecule has 1 heterocycles. The quantitative estimate of drug-likeness (QED) is 0.878. The molecule has 2 atom stereocenters. The van der Waals surface area contributed by atoms with E-state index >= 15 is 0 Å². The van der Waals surface area contributed by atoms with Crippen molar-refractivity contribution in [3.8, 4) is 5.75 Å². The standard InChI is InChI=1S/C17H21NO3/c19-14-8-9-18(10-14)11-15(20)12-21-17-7-3-5-13-4-1-2-6-16(13)17/h1-7,14-15,19-20H,8-12H2. The molecule has 0 aliphatic carbocycles. The van der Waals surface area contributed by atoms with Gasteiger partial charge in [0.05, 0.1) is 6.10 Å². The summed E-state index contributed by atoms with van der Waals surface area (Å²) in [4.78, 5) is 2.07. The van der Waals surface area contributed by atoms with Gasteiger partial charge in [-0.2, -0.15) is 0 Å². The maximum atomic E-state index is 10.1. The summed E-state index contributed by atoms with van der Waals surface area (Å²) in [7, 11) is 0. The first-order valence-electron chi connectivity index (χ1n) is 7.41. The molecule has 2 aromatic rings. The number of fused-ring (bicyclic) bond motifs is 1. The van der Waals surface area contributed by atoms with Gasteiger partial charge in [0, 0.05) is 25.0 Å². The molecule has 0 bridgehead atoms. The minimum atomic E-state index is -0.547. The highest BCUT2D eigenvalue weighted by atomic mass is 16.5. The van der Waals surface area contributed by atoms with E-state index in [9.17, 15) is 10.2 Å². The number of aliphatic hydroxyl groups excluding tert-OH is 2. The van der Waals surface area contributed by atoms with Gasteiger partial charge in [-0.25, -0.2) is 0 Å². The molecule has 2 aromatic carbocycles. The number of aliphatic hydroxyl groups is 2. The van der Waals surface area contributed by atoms with Crippen molar-refractivity contribution in [2.24, 2.45) is 0 Å². The Balaban J connectivity index is 1.58. The van der Waals surface area contributed by atoms with Crippen molar-refractivity contribution in [2.45, 2.75) is 18.6 Å². The number of rotatable bonds is 5. The maximum absolute atomic E-state index is 10.1. The third kappa shape index (κ3) is 3.53. The lowest BCUT2D eigenvalue weighted by Gasteiger charge is -2.20. The number of nitrogens with zero attached hydrogens (tertiary/aromatic N) is 1. The predicted molar refractivity (Wildman–Crippen MR) is 82.5 cm³/mol. The van der Waals surface area contributed by atoms with Gasteiger partial charge < -0.3 is 14.9 Å². The average molecular weight is 287 g/mol. The predicted octanol–water partition coefficient (Wildman–Crippen LogP) is 1.65. The van der Waals surface area contributed by atoms with Gasteiger partial charge in [-0.1, -0.05) is 36.4 Å². The zero-order chi connectivity index (χ0) is 14.7. The summed E-state index contributed by atoms with van der Waals surface area (Å²) in [6, 6.07) is 14.0. The summed E-state index contributed by atoms with van der Waals surface area (Å²) in [5.74, 6) is 0.800. The molecule has 1 saturated heterocycles. The molecule has 2 unspecified atom stereocenters. The van der Waals surface area contributed by atoms with Crippen LogP contribution in [-0.2, 0) is 0 Å². The molecule has 4 nitrogen and oxygen atoms in total. The molecule has 0 amide bonds. The first-order chi connectivity index (χ1) is 10.2. The van der Waals surface area contributed by atoms with E-state index in [1.165, 1.54) is 0 Å². The molecule has 112 valence electrons.